The van der Waals surface area contributed by atoms with Gasteiger partial charge < -0.3 is 10.3 Å². The average molecular weight is 178 g/mol. The van der Waals surface area contributed by atoms with Crippen LogP contribution in [-0.4, -0.2) is 10.5 Å². The summed E-state index contributed by atoms with van der Waals surface area (Å²) in [6.45, 7) is 4.03. The minimum absolute atomic E-state index is 0.416. The second-order valence-corrected chi connectivity index (χ2v) is 3.12. The summed E-state index contributed by atoms with van der Waals surface area (Å²) in [5.74, 6) is -0.416. The standard InChI is InChI=1S/C10H14N2O/c1-7-6-9(4-5-10(11)13)8(2)12(7)3/h4-6H,1-3H3,(H2,11,13)/b5-4-. The summed E-state index contributed by atoms with van der Waals surface area (Å²) < 4.78 is 2.07. The number of aryl methyl sites for hydroxylation is 1. The van der Waals surface area contributed by atoms with Crippen LogP contribution < -0.4 is 5.73 Å². The van der Waals surface area contributed by atoms with Crippen molar-refractivity contribution in [3.8, 4) is 0 Å². The summed E-state index contributed by atoms with van der Waals surface area (Å²) in [7, 11) is 1.99. The van der Waals surface area contributed by atoms with E-state index in [4.69, 9.17) is 5.73 Å². The third kappa shape index (κ3) is 1.99. The molecule has 0 unspecified atom stereocenters. The lowest BCUT2D eigenvalue weighted by atomic mass is 10.2. The number of nitrogens with two attached hydrogens (primary N) is 1. The van der Waals surface area contributed by atoms with Gasteiger partial charge in [-0.2, -0.15) is 0 Å². The summed E-state index contributed by atoms with van der Waals surface area (Å²) in [6.07, 6.45) is 3.12. The van der Waals surface area contributed by atoms with E-state index in [0.29, 0.717) is 0 Å². The van der Waals surface area contributed by atoms with Crippen LogP contribution in [0.25, 0.3) is 6.08 Å². The summed E-state index contributed by atoms with van der Waals surface area (Å²) in [5.41, 5.74) is 8.35. The summed E-state index contributed by atoms with van der Waals surface area (Å²) >= 11 is 0. The van der Waals surface area contributed by atoms with E-state index >= 15 is 0 Å². The predicted octanol–water partition coefficient (Wildman–Crippen LogP) is 1.14. The maximum absolute atomic E-state index is 10.5. The number of carbonyl (C=O) groups is 1. The van der Waals surface area contributed by atoms with Crippen molar-refractivity contribution in [3.05, 3.63) is 29.1 Å². The van der Waals surface area contributed by atoms with Gasteiger partial charge in [0.2, 0.25) is 5.91 Å². The van der Waals surface area contributed by atoms with Crippen molar-refractivity contribution in [2.24, 2.45) is 12.8 Å². The second kappa shape index (κ2) is 3.47. The van der Waals surface area contributed by atoms with Crippen molar-refractivity contribution < 1.29 is 4.79 Å². The van der Waals surface area contributed by atoms with E-state index in [1.807, 2.05) is 27.0 Å². The Kier molecular flexibility index (Phi) is 2.56. The Morgan fingerprint density at radius 2 is 2.15 bits per heavy atom. The molecule has 0 saturated carbocycles. The molecule has 0 saturated heterocycles. The molecule has 1 rings (SSSR count). The molecule has 1 heterocycles. The normalized spacial score (nSPS) is 11.0. The lowest BCUT2D eigenvalue weighted by Gasteiger charge is -1.98. The molecule has 13 heavy (non-hydrogen) atoms. The Hall–Kier alpha value is -1.51. The van der Waals surface area contributed by atoms with Gasteiger partial charge in [0.05, 0.1) is 0 Å². The molecule has 0 fully saturated rings. The minimum atomic E-state index is -0.416. The fourth-order valence-corrected chi connectivity index (χ4v) is 1.23. The van der Waals surface area contributed by atoms with Crippen molar-refractivity contribution in [2.45, 2.75) is 13.8 Å². The van der Waals surface area contributed by atoms with Crippen molar-refractivity contribution >= 4 is 12.0 Å². The van der Waals surface area contributed by atoms with E-state index in [0.717, 1.165) is 11.3 Å². The monoisotopic (exact) mass is 178 g/mol. The van der Waals surface area contributed by atoms with Gasteiger partial charge in [0.1, 0.15) is 0 Å². The highest BCUT2D eigenvalue weighted by Gasteiger charge is 2.02. The Morgan fingerprint density at radius 1 is 1.54 bits per heavy atom. The van der Waals surface area contributed by atoms with E-state index in [1.165, 1.54) is 11.8 Å². The van der Waals surface area contributed by atoms with Crippen LogP contribution in [0.1, 0.15) is 17.0 Å². The third-order valence-electron chi connectivity index (χ3n) is 2.24. The van der Waals surface area contributed by atoms with Crippen LogP contribution in [0.5, 0.6) is 0 Å². The van der Waals surface area contributed by atoms with Crippen LogP contribution in [0.2, 0.25) is 0 Å². The first kappa shape index (κ1) is 9.58. The number of rotatable bonds is 2. The van der Waals surface area contributed by atoms with Gasteiger partial charge in [0.15, 0.2) is 0 Å². The second-order valence-electron chi connectivity index (χ2n) is 3.12. The fourth-order valence-electron chi connectivity index (χ4n) is 1.23. The summed E-state index contributed by atoms with van der Waals surface area (Å²) in [5, 5.41) is 0. The molecule has 0 aliphatic heterocycles. The van der Waals surface area contributed by atoms with Crippen LogP contribution in [0.3, 0.4) is 0 Å². The zero-order valence-corrected chi connectivity index (χ0v) is 8.16. The highest BCUT2D eigenvalue weighted by atomic mass is 16.1. The number of hydrogen-bond donors (Lipinski definition) is 1. The molecule has 0 spiro atoms. The molecule has 3 nitrogen and oxygen atoms in total. The molecule has 1 amide bonds. The number of nitrogens with zero attached hydrogens (tertiary/aromatic N) is 1. The Labute approximate surface area is 77.9 Å². The van der Waals surface area contributed by atoms with Crippen molar-refractivity contribution in [3.63, 3.8) is 0 Å². The van der Waals surface area contributed by atoms with Crippen molar-refractivity contribution in [2.75, 3.05) is 0 Å². The van der Waals surface area contributed by atoms with Crippen LogP contribution >= 0.6 is 0 Å². The van der Waals surface area contributed by atoms with Gasteiger partial charge in [-0.05, 0) is 31.6 Å². The molecule has 0 aliphatic rings. The Morgan fingerprint density at radius 3 is 2.54 bits per heavy atom. The van der Waals surface area contributed by atoms with E-state index in [-0.39, 0.29) is 0 Å². The molecule has 0 aromatic carbocycles. The number of amides is 1. The van der Waals surface area contributed by atoms with Crippen LogP contribution in [-0.2, 0) is 11.8 Å². The molecule has 2 N–H and O–H groups in total. The summed E-state index contributed by atoms with van der Waals surface area (Å²) in [6, 6.07) is 2.02. The number of hydrogen-bond acceptors (Lipinski definition) is 1. The van der Waals surface area contributed by atoms with E-state index < -0.39 is 5.91 Å². The molecule has 3 heteroatoms. The van der Waals surface area contributed by atoms with Crippen molar-refractivity contribution in [1.29, 1.82) is 0 Å². The first-order valence-corrected chi connectivity index (χ1v) is 4.13. The van der Waals surface area contributed by atoms with Gasteiger partial charge in [-0.1, -0.05) is 0 Å². The molecule has 0 aliphatic carbocycles. The average Bonchev–Trinajstić information content (AvgIpc) is 2.29. The van der Waals surface area contributed by atoms with Gasteiger partial charge in [-0.25, -0.2) is 0 Å². The quantitative estimate of drug-likeness (QED) is 0.678. The van der Waals surface area contributed by atoms with Crippen molar-refractivity contribution in [1.82, 2.24) is 4.57 Å². The largest absolute Gasteiger partial charge is 0.366 e. The molecular formula is C10H14N2O. The zero-order chi connectivity index (χ0) is 10.0. The highest BCUT2D eigenvalue weighted by molar-refractivity contribution is 5.90. The third-order valence-corrected chi connectivity index (χ3v) is 2.24. The smallest absolute Gasteiger partial charge is 0.241 e. The number of primary amides is 1. The molecule has 0 bridgehead atoms. The number of aromatic nitrogens is 1. The van der Waals surface area contributed by atoms with Gasteiger partial charge in [0, 0.05) is 24.5 Å². The molecule has 0 radical (unpaired) electrons. The van der Waals surface area contributed by atoms with Gasteiger partial charge >= 0.3 is 0 Å². The Bertz CT molecular complexity index is 361. The Balaban J connectivity index is 3.03. The first-order valence-electron chi connectivity index (χ1n) is 4.13. The topological polar surface area (TPSA) is 48.0 Å². The predicted molar refractivity (Wildman–Crippen MR) is 53.1 cm³/mol. The molecule has 70 valence electrons. The zero-order valence-electron chi connectivity index (χ0n) is 8.16. The van der Waals surface area contributed by atoms with Gasteiger partial charge in [0.25, 0.3) is 0 Å². The molecule has 1 aromatic heterocycles. The minimum Gasteiger partial charge on any atom is -0.366 e. The van der Waals surface area contributed by atoms with Crippen LogP contribution in [0, 0.1) is 13.8 Å². The number of carbonyl (C=O) groups excluding carboxylic acids is 1. The maximum atomic E-state index is 10.5. The fraction of sp³-hybridized carbons (Fsp3) is 0.300. The lowest BCUT2D eigenvalue weighted by molar-refractivity contribution is -0.113. The highest BCUT2D eigenvalue weighted by Crippen LogP contribution is 2.14. The van der Waals surface area contributed by atoms with E-state index in [2.05, 4.69) is 4.57 Å². The van der Waals surface area contributed by atoms with Crippen LogP contribution in [0.4, 0.5) is 0 Å². The molecule has 1 aromatic rings. The van der Waals surface area contributed by atoms with Gasteiger partial charge in [-0.3, -0.25) is 4.79 Å². The van der Waals surface area contributed by atoms with E-state index in [1.54, 1.807) is 6.08 Å². The SMILES string of the molecule is Cc1cc(/C=C\C(N)=O)c(C)n1C. The maximum Gasteiger partial charge on any atom is 0.241 e. The van der Waals surface area contributed by atoms with E-state index in [9.17, 15) is 4.79 Å². The van der Waals surface area contributed by atoms with Crippen LogP contribution in [0.15, 0.2) is 12.1 Å². The molecular weight excluding hydrogens is 164 g/mol. The summed E-state index contributed by atoms with van der Waals surface area (Å²) in [4.78, 5) is 10.5. The molecule has 0 atom stereocenters. The lowest BCUT2D eigenvalue weighted by Crippen LogP contribution is -2.05. The first-order chi connectivity index (χ1) is 6.02. The van der Waals surface area contributed by atoms with Gasteiger partial charge in [-0.15, -0.1) is 0 Å².